The van der Waals surface area contributed by atoms with Gasteiger partial charge in [0.1, 0.15) is 0 Å². The summed E-state index contributed by atoms with van der Waals surface area (Å²) in [6.45, 7) is 25.3. The molecule has 0 bridgehead atoms. The second kappa shape index (κ2) is 37.1. The Balaban J connectivity index is -0.000000158. The maximum absolute atomic E-state index is 10.1. The third-order valence-corrected chi connectivity index (χ3v) is 4.65. The largest absolute Gasteiger partial charge is 1.00 e. The van der Waals surface area contributed by atoms with Crippen LogP contribution in [0.25, 0.3) is 0 Å². The van der Waals surface area contributed by atoms with Crippen LogP contribution in [0, 0.1) is 25.2 Å². The van der Waals surface area contributed by atoms with E-state index >= 15 is 0 Å². The molecule has 1 amide bonds. The molecule has 1 N–H and O–H groups in total. The molecule has 0 fully saturated rings. The minimum absolute atomic E-state index is 0. The van der Waals surface area contributed by atoms with Gasteiger partial charge in [0.05, 0.1) is 19.8 Å². The zero-order chi connectivity index (χ0) is 25.9. The van der Waals surface area contributed by atoms with Crippen molar-refractivity contribution in [1.29, 1.82) is 0 Å². The maximum Gasteiger partial charge on any atom is 1.00 e. The molecular formula is C28H63KN3O3-. The van der Waals surface area contributed by atoms with Gasteiger partial charge in [-0.05, 0) is 64.1 Å². The van der Waals surface area contributed by atoms with E-state index in [1.165, 1.54) is 24.2 Å². The third kappa shape index (κ3) is 48.6. The number of ether oxygens (including phenoxy) is 2. The summed E-state index contributed by atoms with van der Waals surface area (Å²) in [4.78, 5) is 13.9. The number of hydrogen-bond donors (Lipinski definition) is 1. The Hall–Kier alpha value is 0.946. The maximum atomic E-state index is 10.1. The summed E-state index contributed by atoms with van der Waals surface area (Å²) in [5, 5.41) is 3.29. The van der Waals surface area contributed by atoms with Crippen molar-refractivity contribution in [2.45, 2.75) is 81.1 Å². The number of nitrogens with one attached hydrogen (secondary N) is 1. The molecule has 0 rings (SSSR count). The second-order valence-electron chi connectivity index (χ2n) is 9.72. The molecule has 0 aliphatic heterocycles. The van der Waals surface area contributed by atoms with Gasteiger partial charge in [-0.3, -0.25) is 0 Å². The van der Waals surface area contributed by atoms with Crippen LogP contribution >= 0.6 is 0 Å². The quantitative estimate of drug-likeness (QED) is 0.114. The number of nitrogens with zero attached hydrogens (tertiary/aromatic N) is 2. The van der Waals surface area contributed by atoms with E-state index in [4.69, 9.17) is 9.47 Å². The second-order valence-corrected chi connectivity index (χ2v) is 9.72. The molecule has 0 heterocycles. The van der Waals surface area contributed by atoms with Crippen molar-refractivity contribution in [3.05, 3.63) is 7.43 Å². The van der Waals surface area contributed by atoms with Crippen LogP contribution in [0.3, 0.4) is 0 Å². The normalized spacial score (nSPS) is 10.2. The van der Waals surface area contributed by atoms with Crippen LogP contribution in [0.1, 0.15) is 81.1 Å². The number of likely N-dealkylation sites (N-methyl/N-ethyl adjacent to an activating group) is 2. The number of carbonyl (C=O) groups excluding carboxylic acids is 1. The summed E-state index contributed by atoms with van der Waals surface area (Å²) in [5.41, 5.74) is 0. The Labute approximate surface area is 264 Å². The molecule has 0 saturated heterocycles. The van der Waals surface area contributed by atoms with E-state index in [0.717, 1.165) is 83.3 Å². The topological polar surface area (TPSA) is 54.0 Å². The summed E-state index contributed by atoms with van der Waals surface area (Å²) >= 11 is 0. The van der Waals surface area contributed by atoms with E-state index in [1.807, 2.05) is 20.3 Å². The van der Waals surface area contributed by atoms with Crippen LogP contribution < -0.4 is 56.7 Å². The Morgan fingerprint density at radius 1 is 0.743 bits per heavy atom. The van der Waals surface area contributed by atoms with Gasteiger partial charge >= 0.3 is 51.4 Å². The Morgan fingerprint density at radius 3 is 1.74 bits per heavy atom. The molecule has 0 radical (unpaired) electrons. The first kappa shape index (κ1) is 45.8. The molecule has 0 unspecified atom stereocenters. The Kier molecular flexibility index (Phi) is 48.6. The van der Waals surface area contributed by atoms with Gasteiger partial charge in [0, 0.05) is 32.8 Å². The van der Waals surface area contributed by atoms with E-state index in [0.29, 0.717) is 0 Å². The summed E-state index contributed by atoms with van der Waals surface area (Å²) in [6.07, 6.45) is 6.71. The minimum atomic E-state index is 0. The van der Waals surface area contributed by atoms with Crippen molar-refractivity contribution < 1.29 is 65.7 Å². The van der Waals surface area contributed by atoms with Gasteiger partial charge in [-0.15, -0.1) is 0 Å². The van der Waals surface area contributed by atoms with Crippen molar-refractivity contribution in [3.63, 3.8) is 0 Å². The summed E-state index contributed by atoms with van der Waals surface area (Å²) < 4.78 is 11.1. The molecule has 0 atom stereocenters. The number of rotatable bonds is 20. The van der Waals surface area contributed by atoms with Crippen molar-refractivity contribution >= 4 is 6.41 Å². The monoisotopic (exact) mass is 528 g/mol. The molecule has 0 aliphatic carbocycles. The predicted molar refractivity (Wildman–Crippen MR) is 151 cm³/mol. The first-order chi connectivity index (χ1) is 15.7. The van der Waals surface area contributed by atoms with Gasteiger partial charge in [-0.25, -0.2) is 0 Å². The number of hydrogen-bond acceptors (Lipinski definition) is 5. The molecule has 0 saturated carbocycles. The molecule has 0 aromatic heterocycles. The van der Waals surface area contributed by atoms with Crippen LogP contribution in [0.5, 0.6) is 0 Å². The Bertz CT molecular complexity index is 373. The minimum Gasteiger partial charge on any atom is -0.520 e. The van der Waals surface area contributed by atoms with E-state index < -0.39 is 0 Å². The SMILES string of the molecule is CC.CC(C)CCCNCCN(C)[C-]=O.CC(C)CCCOCCOCCN(C)CC(C)C.[CH3-].[K+]. The van der Waals surface area contributed by atoms with Gasteiger partial charge < -0.3 is 36.8 Å². The van der Waals surface area contributed by atoms with Crippen molar-refractivity contribution in [1.82, 2.24) is 15.1 Å². The number of amides is 1. The van der Waals surface area contributed by atoms with Gasteiger partial charge in [0.25, 0.3) is 0 Å². The average Bonchev–Trinajstić information content (AvgIpc) is 2.75. The first-order valence-corrected chi connectivity index (χ1v) is 13.3. The van der Waals surface area contributed by atoms with Gasteiger partial charge in [-0.2, -0.15) is 6.41 Å². The fourth-order valence-electron chi connectivity index (χ4n) is 2.90. The van der Waals surface area contributed by atoms with Crippen molar-refractivity contribution in [3.8, 4) is 0 Å². The zero-order valence-electron chi connectivity index (χ0n) is 26.0. The van der Waals surface area contributed by atoms with Gasteiger partial charge in [0.2, 0.25) is 0 Å². The molecule has 0 aliphatic rings. The van der Waals surface area contributed by atoms with Crippen molar-refractivity contribution in [2.75, 3.05) is 73.2 Å². The van der Waals surface area contributed by atoms with Crippen LogP contribution in [0.15, 0.2) is 0 Å². The van der Waals surface area contributed by atoms with E-state index in [1.54, 1.807) is 7.05 Å². The van der Waals surface area contributed by atoms with E-state index in [-0.39, 0.29) is 58.8 Å². The smallest absolute Gasteiger partial charge is 0.520 e. The summed E-state index contributed by atoms with van der Waals surface area (Å²) in [6, 6.07) is 0. The Morgan fingerprint density at radius 2 is 1.26 bits per heavy atom. The molecule has 0 aromatic carbocycles. The molecular weight excluding hydrogens is 465 g/mol. The van der Waals surface area contributed by atoms with Crippen LogP contribution in [0.4, 0.5) is 0 Å². The molecule has 0 aromatic rings. The fraction of sp³-hybridized carbons (Fsp3) is 0.929. The predicted octanol–water partition coefficient (Wildman–Crippen LogP) is 2.54. The molecule has 35 heavy (non-hydrogen) atoms. The zero-order valence-corrected chi connectivity index (χ0v) is 29.2. The average molecular weight is 529 g/mol. The van der Waals surface area contributed by atoms with Crippen molar-refractivity contribution in [2.24, 2.45) is 17.8 Å². The molecule has 7 heteroatoms. The summed E-state index contributed by atoms with van der Waals surface area (Å²) in [7, 11) is 3.88. The summed E-state index contributed by atoms with van der Waals surface area (Å²) in [5.74, 6) is 2.29. The van der Waals surface area contributed by atoms with Crippen LogP contribution in [-0.4, -0.2) is 89.5 Å². The van der Waals surface area contributed by atoms with Crippen LogP contribution in [0.2, 0.25) is 0 Å². The molecule has 210 valence electrons. The fourth-order valence-corrected chi connectivity index (χ4v) is 2.90. The van der Waals surface area contributed by atoms with Gasteiger partial charge in [0.15, 0.2) is 0 Å². The molecule has 0 spiro atoms. The molecule has 6 nitrogen and oxygen atoms in total. The van der Waals surface area contributed by atoms with E-state index in [9.17, 15) is 4.79 Å². The van der Waals surface area contributed by atoms with Crippen LogP contribution in [-0.2, 0) is 14.3 Å². The first-order valence-electron chi connectivity index (χ1n) is 13.3. The van der Waals surface area contributed by atoms with Gasteiger partial charge in [-0.1, -0.05) is 55.4 Å². The standard InChI is InChI=1S/C15H33NO2.C10H21N2O.C2H6.CH3.K/c1-14(2)7-6-9-17-11-12-18-10-8-16(5)13-15(3)4;1-10(2)5-4-6-11-7-8-12(3)9-13;1-2;;/h14-15H,6-13H2,1-5H3;10-11H,4-8H2,1-3H3;1-2H3;1H3;/q;-1;;-1;+1. The van der Waals surface area contributed by atoms with E-state index in [2.05, 4.69) is 58.8 Å². The third-order valence-electron chi connectivity index (χ3n) is 4.65.